The van der Waals surface area contributed by atoms with Crippen LogP contribution >= 0.6 is 0 Å². The summed E-state index contributed by atoms with van der Waals surface area (Å²) >= 11 is 0. The van der Waals surface area contributed by atoms with Crippen molar-refractivity contribution >= 4 is 5.97 Å². The fourth-order valence-electron chi connectivity index (χ4n) is 3.11. The highest BCUT2D eigenvalue weighted by Crippen LogP contribution is 2.43. The zero-order chi connectivity index (χ0) is 11.0. The Kier molecular flexibility index (Phi) is 2.72. The van der Waals surface area contributed by atoms with Crippen molar-refractivity contribution in [1.29, 1.82) is 0 Å². The topological polar surface area (TPSA) is 35.5 Å². The lowest BCUT2D eigenvalue weighted by atomic mass is 9.94. The number of esters is 1. The number of rotatable bonds is 3. The number of hydrogen-bond acceptors (Lipinski definition) is 3. The first-order valence-corrected chi connectivity index (χ1v) is 6.29. The minimum Gasteiger partial charge on any atom is -0.463 e. The third kappa shape index (κ3) is 1.88. The Balaban J connectivity index is 1.48. The molecule has 2 fully saturated rings. The molecular weight excluding hydrogens is 204 g/mol. The van der Waals surface area contributed by atoms with E-state index in [0.29, 0.717) is 18.4 Å². The van der Waals surface area contributed by atoms with Gasteiger partial charge in [-0.3, -0.25) is 4.79 Å². The Hall–Kier alpha value is -0.830. The average Bonchev–Trinajstić information content (AvgIpc) is 3.01. The molecule has 88 valence electrons. The molecule has 1 saturated carbocycles. The van der Waals surface area contributed by atoms with E-state index in [0.717, 1.165) is 32.3 Å². The maximum absolute atomic E-state index is 11.9. The van der Waals surface area contributed by atoms with E-state index in [9.17, 15) is 4.79 Å². The van der Waals surface area contributed by atoms with Gasteiger partial charge in [0.15, 0.2) is 0 Å². The predicted octanol–water partition coefficient (Wildman–Crippen LogP) is 1.92. The Morgan fingerprint density at radius 1 is 1.38 bits per heavy atom. The van der Waals surface area contributed by atoms with Gasteiger partial charge in [0.05, 0.1) is 12.0 Å². The van der Waals surface area contributed by atoms with Crippen LogP contribution < -0.4 is 0 Å². The van der Waals surface area contributed by atoms with E-state index in [1.165, 1.54) is 0 Å². The minimum absolute atomic E-state index is 0.00708. The molecule has 3 aliphatic rings. The third-order valence-corrected chi connectivity index (χ3v) is 4.02. The lowest BCUT2D eigenvalue weighted by Gasteiger charge is -2.18. The molecule has 0 aromatic carbocycles. The van der Waals surface area contributed by atoms with E-state index < -0.39 is 0 Å². The molecule has 3 heteroatoms. The molecule has 0 N–H and O–H groups in total. The smallest absolute Gasteiger partial charge is 0.309 e. The zero-order valence-corrected chi connectivity index (χ0v) is 9.43. The summed E-state index contributed by atoms with van der Waals surface area (Å²) in [6.45, 7) is 1.27. The van der Waals surface area contributed by atoms with Crippen LogP contribution in [0.2, 0.25) is 0 Å². The van der Waals surface area contributed by atoms with Crippen molar-refractivity contribution in [2.75, 3.05) is 13.2 Å². The van der Waals surface area contributed by atoms with E-state index in [1.54, 1.807) is 0 Å². The number of ether oxygens (including phenoxy) is 2. The molecular formula is C13H18O3. The van der Waals surface area contributed by atoms with Crippen molar-refractivity contribution in [3.05, 3.63) is 12.2 Å². The van der Waals surface area contributed by atoms with Crippen LogP contribution in [0.15, 0.2) is 12.2 Å². The van der Waals surface area contributed by atoms with Gasteiger partial charge < -0.3 is 9.47 Å². The molecule has 2 bridgehead atoms. The fourth-order valence-corrected chi connectivity index (χ4v) is 3.11. The van der Waals surface area contributed by atoms with E-state index in [4.69, 9.17) is 9.47 Å². The van der Waals surface area contributed by atoms with Crippen molar-refractivity contribution in [3.63, 3.8) is 0 Å². The largest absolute Gasteiger partial charge is 0.463 e. The number of carbonyl (C=O) groups is 1. The van der Waals surface area contributed by atoms with E-state index in [-0.39, 0.29) is 18.0 Å². The molecule has 0 aromatic heterocycles. The number of fused-ring (bicyclic) bond motifs is 2. The van der Waals surface area contributed by atoms with Gasteiger partial charge in [0.25, 0.3) is 0 Å². The maximum Gasteiger partial charge on any atom is 0.309 e. The van der Waals surface area contributed by atoms with E-state index in [2.05, 4.69) is 12.2 Å². The van der Waals surface area contributed by atoms with E-state index >= 15 is 0 Å². The molecule has 2 aliphatic carbocycles. The molecule has 0 aromatic rings. The van der Waals surface area contributed by atoms with Gasteiger partial charge in [-0.2, -0.15) is 0 Å². The standard InChI is InChI=1S/C13H18O3/c14-13(16-8-11-2-1-5-15-11)12-7-9-3-4-10(12)6-9/h3-4,9-12H,1-2,5-8H2. The summed E-state index contributed by atoms with van der Waals surface area (Å²) in [5.74, 6) is 1.19. The fraction of sp³-hybridized carbons (Fsp3) is 0.769. The molecule has 3 nitrogen and oxygen atoms in total. The number of allylic oxidation sites excluding steroid dienone is 2. The second-order valence-electron chi connectivity index (χ2n) is 5.15. The monoisotopic (exact) mass is 222 g/mol. The summed E-state index contributed by atoms with van der Waals surface area (Å²) in [5.41, 5.74) is 0. The van der Waals surface area contributed by atoms with Crippen LogP contribution in [0.4, 0.5) is 0 Å². The Labute approximate surface area is 95.8 Å². The summed E-state index contributed by atoms with van der Waals surface area (Å²) in [5, 5.41) is 0. The van der Waals surface area contributed by atoms with Gasteiger partial charge in [-0.15, -0.1) is 0 Å². The van der Waals surface area contributed by atoms with Crippen LogP contribution in [0.1, 0.15) is 25.7 Å². The third-order valence-electron chi connectivity index (χ3n) is 4.02. The molecule has 4 unspecified atom stereocenters. The van der Waals surface area contributed by atoms with Gasteiger partial charge in [-0.1, -0.05) is 12.2 Å². The predicted molar refractivity (Wildman–Crippen MR) is 58.8 cm³/mol. The molecule has 3 rings (SSSR count). The molecule has 0 amide bonds. The van der Waals surface area contributed by atoms with Crippen LogP contribution in [0.3, 0.4) is 0 Å². The lowest BCUT2D eigenvalue weighted by Crippen LogP contribution is -2.25. The van der Waals surface area contributed by atoms with E-state index in [1.807, 2.05) is 0 Å². The van der Waals surface area contributed by atoms with Gasteiger partial charge in [-0.05, 0) is 37.5 Å². The molecule has 1 aliphatic heterocycles. The van der Waals surface area contributed by atoms with Crippen LogP contribution in [0.25, 0.3) is 0 Å². The Morgan fingerprint density at radius 3 is 2.94 bits per heavy atom. The second kappa shape index (κ2) is 4.21. The van der Waals surface area contributed by atoms with Crippen LogP contribution in [0, 0.1) is 17.8 Å². The van der Waals surface area contributed by atoms with Gasteiger partial charge in [0.1, 0.15) is 6.61 Å². The summed E-state index contributed by atoms with van der Waals surface area (Å²) in [6.07, 6.45) is 8.85. The first-order valence-electron chi connectivity index (χ1n) is 6.29. The highest BCUT2D eigenvalue weighted by atomic mass is 16.6. The molecule has 0 radical (unpaired) electrons. The molecule has 1 heterocycles. The second-order valence-corrected chi connectivity index (χ2v) is 5.15. The average molecular weight is 222 g/mol. The number of carbonyl (C=O) groups excluding carboxylic acids is 1. The van der Waals surface area contributed by atoms with Crippen LogP contribution in [-0.2, 0) is 14.3 Å². The maximum atomic E-state index is 11.9. The van der Waals surface area contributed by atoms with Crippen LogP contribution in [0.5, 0.6) is 0 Å². The first kappa shape index (κ1) is 10.3. The SMILES string of the molecule is O=C(OCC1CCCO1)C1CC2C=CC1C2. The van der Waals surface area contributed by atoms with Gasteiger partial charge in [0.2, 0.25) is 0 Å². The first-order chi connectivity index (χ1) is 7.83. The summed E-state index contributed by atoms with van der Waals surface area (Å²) < 4.78 is 10.8. The highest BCUT2D eigenvalue weighted by molar-refractivity contribution is 5.74. The summed E-state index contributed by atoms with van der Waals surface area (Å²) in [4.78, 5) is 11.9. The Morgan fingerprint density at radius 2 is 2.31 bits per heavy atom. The quantitative estimate of drug-likeness (QED) is 0.540. The normalized spacial score (nSPS) is 40.5. The lowest BCUT2D eigenvalue weighted by molar-refractivity contribution is -0.152. The van der Waals surface area contributed by atoms with Crippen molar-refractivity contribution in [2.45, 2.75) is 31.8 Å². The minimum atomic E-state index is -0.00708. The molecule has 0 spiro atoms. The Bertz CT molecular complexity index is 304. The summed E-state index contributed by atoms with van der Waals surface area (Å²) in [6, 6.07) is 0. The van der Waals surface area contributed by atoms with Crippen molar-refractivity contribution in [1.82, 2.24) is 0 Å². The van der Waals surface area contributed by atoms with Crippen LogP contribution in [-0.4, -0.2) is 25.3 Å². The highest BCUT2D eigenvalue weighted by Gasteiger charge is 2.40. The van der Waals surface area contributed by atoms with Gasteiger partial charge in [0, 0.05) is 6.61 Å². The van der Waals surface area contributed by atoms with Crippen molar-refractivity contribution in [2.24, 2.45) is 17.8 Å². The van der Waals surface area contributed by atoms with Crippen molar-refractivity contribution in [3.8, 4) is 0 Å². The molecule has 1 saturated heterocycles. The van der Waals surface area contributed by atoms with Crippen molar-refractivity contribution < 1.29 is 14.3 Å². The van der Waals surface area contributed by atoms with Gasteiger partial charge >= 0.3 is 5.97 Å². The molecule has 16 heavy (non-hydrogen) atoms. The number of hydrogen-bond donors (Lipinski definition) is 0. The zero-order valence-electron chi connectivity index (χ0n) is 9.43. The van der Waals surface area contributed by atoms with Gasteiger partial charge in [-0.25, -0.2) is 0 Å². The molecule has 4 atom stereocenters. The summed E-state index contributed by atoms with van der Waals surface area (Å²) in [7, 11) is 0.